The third-order valence-electron chi connectivity index (χ3n) is 2.77. The highest BCUT2D eigenvalue weighted by atomic mass is 32.2. The highest BCUT2D eigenvalue weighted by Gasteiger charge is 2.25. The van der Waals surface area contributed by atoms with Gasteiger partial charge in [0.15, 0.2) is 0 Å². The molecule has 0 saturated carbocycles. The Morgan fingerprint density at radius 2 is 1.94 bits per heavy atom. The Bertz CT molecular complexity index is 201. The van der Waals surface area contributed by atoms with E-state index in [1.165, 1.54) is 17.9 Å². The summed E-state index contributed by atoms with van der Waals surface area (Å²) in [6, 6.07) is 2.47. The van der Waals surface area contributed by atoms with Gasteiger partial charge in [-0.2, -0.15) is 17.0 Å². The summed E-state index contributed by atoms with van der Waals surface area (Å²) in [5.74, 6) is 2.43. The average Bonchev–Trinajstić information content (AvgIpc) is 2.33. The van der Waals surface area contributed by atoms with Crippen LogP contribution in [0.5, 0.6) is 0 Å². The van der Waals surface area contributed by atoms with E-state index in [-0.39, 0.29) is 5.54 Å². The Kier molecular flexibility index (Phi) is 9.86. The van der Waals surface area contributed by atoms with Crippen LogP contribution in [0, 0.1) is 11.3 Å². The minimum Gasteiger partial charge on any atom is -0.299 e. The lowest BCUT2D eigenvalue weighted by atomic mass is 9.92. The number of rotatable bonds is 10. The molecule has 94 valence electrons. The average molecular weight is 242 g/mol. The monoisotopic (exact) mass is 242 g/mol. The van der Waals surface area contributed by atoms with Crippen molar-refractivity contribution in [3.05, 3.63) is 0 Å². The number of nitrogens with zero attached hydrogens (tertiary/aromatic N) is 1. The number of nitrogens with one attached hydrogen (secondary N) is 1. The second kappa shape index (κ2) is 9.99. The highest BCUT2D eigenvalue weighted by Crippen LogP contribution is 2.18. The number of hydrogen-bond acceptors (Lipinski definition) is 3. The van der Waals surface area contributed by atoms with Crippen LogP contribution < -0.4 is 5.32 Å². The normalized spacial score (nSPS) is 14.4. The molecule has 1 unspecified atom stereocenters. The fraction of sp³-hybridized carbons (Fsp3) is 0.923. The quantitative estimate of drug-likeness (QED) is 0.595. The van der Waals surface area contributed by atoms with Crippen molar-refractivity contribution in [2.24, 2.45) is 0 Å². The molecule has 2 nitrogen and oxygen atoms in total. The molecule has 0 amide bonds. The molecule has 0 radical (unpaired) electrons. The molecule has 0 spiro atoms. The van der Waals surface area contributed by atoms with Crippen LogP contribution in [0.4, 0.5) is 0 Å². The van der Waals surface area contributed by atoms with Crippen molar-refractivity contribution in [2.75, 3.05) is 18.1 Å². The molecular weight excluding hydrogens is 216 g/mol. The molecule has 0 aromatic carbocycles. The fourth-order valence-corrected chi connectivity index (χ4v) is 2.49. The number of thioether (sulfide) groups is 1. The second-order valence-electron chi connectivity index (χ2n) is 4.19. The molecule has 0 fully saturated rings. The summed E-state index contributed by atoms with van der Waals surface area (Å²) in [4.78, 5) is 0. The zero-order chi connectivity index (χ0) is 12.3. The summed E-state index contributed by atoms with van der Waals surface area (Å²) >= 11 is 2.00. The molecule has 0 aromatic rings. The number of hydrogen-bond donors (Lipinski definition) is 1. The lowest BCUT2D eigenvalue weighted by molar-refractivity contribution is 0.371. The molecule has 1 atom stereocenters. The van der Waals surface area contributed by atoms with E-state index >= 15 is 0 Å². The van der Waals surface area contributed by atoms with Crippen LogP contribution in [-0.4, -0.2) is 23.6 Å². The van der Waals surface area contributed by atoms with Crippen molar-refractivity contribution in [3.8, 4) is 6.07 Å². The molecule has 0 bridgehead atoms. The number of nitriles is 1. The molecule has 1 N–H and O–H groups in total. The van der Waals surface area contributed by atoms with E-state index in [0.717, 1.165) is 32.2 Å². The van der Waals surface area contributed by atoms with Crippen LogP contribution in [0.15, 0.2) is 0 Å². The van der Waals surface area contributed by atoms with Crippen molar-refractivity contribution in [1.29, 1.82) is 5.26 Å². The van der Waals surface area contributed by atoms with Crippen molar-refractivity contribution in [3.63, 3.8) is 0 Å². The van der Waals surface area contributed by atoms with E-state index in [1.54, 1.807) is 0 Å². The summed E-state index contributed by atoms with van der Waals surface area (Å²) in [5, 5.41) is 12.7. The molecule has 0 aliphatic carbocycles. The third-order valence-corrected chi connectivity index (χ3v) is 4.05. The Morgan fingerprint density at radius 3 is 2.44 bits per heavy atom. The maximum Gasteiger partial charge on any atom is 0.106 e. The van der Waals surface area contributed by atoms with Crippen LogP contribution in [0.2, 0.25) is 0 Å². The molecule has 16 heavy (non-hydrogen) atoms. The first-order valence-corrected chi connectivity index (χ1v) is 7.64. The van der Waals surface area contributed by atoms with Gasteiger partial charge in [0.1, 0.15) is 5.54 Å². The van der Waals surface area contributed by atoms with Gasteiger partial charge in [-0.1, -0.05) is 20.8 Å². The Labute approximate surface area is 105 Å². The maximum atomic E-state index is 9.29. The van der Waals surface area contributed by atoms with Gasteiger partial charge in [-0.25, -0.2) is 0 Å². The smallest absolute Gasteiger partial charge is 0.106 e. The van der Waals surface area contributed by atoms with Crippen LogP contribution in [0.3, 0.4) is 0 Å². The van der Waals surface area contributed by atoms with Gasteiger partial charge in [-0.3, -0.25) is 5.32 Å². The molecule has 0 aliphatic heterocycles. The van der Waals surface area contributed by atoms with E-state index in [4.69, 9.17) is 0 Å². The lowest BCUT2D eigenvalue weighted by Gasteiger charge is -2.26. The van der Waals surface area contributed by atoms with Gasteiger partial charge < -0.3 is 0 Å². The molecule has 3 heteroatoms. The molecule has 0 saturated heterocycles. The van der Waals surface area contributed by atoms with Gasteiger partial charge in [-0.15, -0.1) is 0 Å². The van der Waals surface area contributed by atoms with E-state index in [0.29, 0.717) is 0 Å². The van der Waals surface area contributed by atoms with Crippen LogP contribution in [0.25, 0.3) is 0 Å². The van der Waals surface area contributed by atoms with Crippen molar-refractivity contribution >= 4 is 11.8 Å². The first kappa shape index (κ1) is 15.8. The molecule has 0 aromatic heterocycles. The summed E-state index contributed by atoms with van der Waals surface area (Å²) in [7, 11) is 0. The third kappa shape index (κ3) is 6.40. The topological polar surface area (TPSA) is 35.8 Å². The first-order valence-electron chi connectivity index (χ1n) is 6.48. The highest BCUT2D eigenvalue weighted by molar-refractivity contribution is 7.99. The zero-order valence-electron chi connectivity index (χ0n) is 11.0. The van der Waals surface area contributed by atoms with Crippen LogP contribution >= 0.6 is 11.8 Å². The standard InChI is InChI=1S/C13H26N2S/c1-4-9-15-13(6-3,12-14)8-7-11-16-10-5-2/h15H,4-11H2,1-3H3. The van der Waals surface area contributed by atoms with Crippen molar-refractivity contribution in [2.45, 2.75) is 58.4 Å². The van der Waals surface area contributed by atoms with E-state index < -0.39 is 0 Å². The van der Waals surface area contributed by atoms with Gasteiger partial charge in [0, 0.05) is 0 Å². The summed E-state index contributed by atoms with van der Waals surface area (Å²) < 4.78 is 0. The predicted octanol–water partition coefficient (Wildman–Crippen LogP) is 3.58. The van der Waals surface area contributed by atoms with Crippen LogP contribution in [0.1, 0.15) is 52.9 Å². The minimum atomic E-state index is -0.275. The fourth-order valence-electron chi connectivity index (χ4n) is 1.65. The van der Waals surface area contributed by atoms with Gasteiger partial charge >= 0.3 is 0 Å². The Hall–Kier alpha value is -0.200. The summed E-state index contributed by atoms with van der Waals surface area (Å²) in [5.41, 5.74) is -0.275. The largest absolute Gasteiger partial charge is 0.299 e. The van der Waals surface area contributed by atoms with Gasteiger partial charge in [0.25, 0.3) is 0 Å². The summed E-state index contributed by atoms with van der Waals surface area (Å²) in [6.07, 6.45) is 5.37. The second-order valence-corrected chi connectivity index (χ2v) is 5.41. The predicted molar refractivity (Wildman–Crippen MR) is 73.8 cm³/mol. The van der Waals surface area contributed by atoms with E-state index in [2.05, 4.69) is 32.2 Å². The van der Waals surface area contributed by atoms with Gasteiger partial charge in [-0.05, 0) is 50.2 Å². The zero-order valence-corrected chi connectivity index (χ0v) is 11.8. The van der Waals surface area contributed by atoms with Gasteiger partial charge in [0.05, 0.1) is 6.07 Å². The summed E-state index contributed by atoms with van der Waals surface area (Å²) in [6.45, 7) is 7.40. The Balaban J connectivity index is 3.88. The first-order chi connectivity index (χ1) is 7.74. The molecule has 0 aliphatic rings. The molecular formula is C13H26N2S. The lowest BCUT2D eigenvalue weighted by Crippen LogP contribution is -2.43. The van der Waals surface area contributed by atoms with Crippen molar-refractivity contribution in [1.82, 2.24) is 5.32 Å². The minimum absolute atomic E-state index is 0.275. The van der Waals surface area contributed by atoms with Crippen molar-refractivity contribution < 1.29 is 0 Å². The van der Waals surface area contributed by atoms with Crippen LogP contribution in [-0.2, 0) is 0 Å². The Morgan fingerprint density at radius 1 is 1.19 bits per heavy atom. The molecule has 0 heterocycles. The molecule has 0 rings (SSSR count). The van der Waals surface area contributed by atoms with Gasteiger partial charge in [0.2, 0.25) is 0 Å². The SMILES string of the molecule is CCCNC(C#N)(CC)CCCSCCC. The van der Waals surface area contributed by atoms with E-state index in [1.807, 2.05) is 11.8 Å². The maximum absolute atomic E-state index is 9.29. The van der Waals surface area contributed by atoms with E-state index in [9.17, 15) is 5.26 Å².